The van der Waals surface area contributed by atoms with E-state index >= 15 is 0 Å². The maximum Gasteiger partial charge on any atom is 0.264 e. The first-order chi connectivity index (χ1) is 15.7. The van der Waals surface area contributed by atoms with E-state index in [1.54, 1.807) is 43.5 Å². The fourth-order valence-corrected chi connectivity index (χ4v) is 4.72. The van der Waals surface area contributed by atoms with E-state index in [4.69, 9.17) is 9.47 Å². The molecular formula is C25H28N2O5S. The van der Waals surface area contributed by atoms with Gasteiger partial charge in [-0.2, -0.15) is 0 Å². The molecule has 174 valence electrons. The lowest BCUT2D eigenvalue weighted by Crippen LogP contribution is -2.41. The third-order valence-electron chi connectivity index (χ3n) is 5.23. The SMILES string of the molecule is COc1ccc(C(C)NC(=O)CN(c2cccc(OC)c2)S(=O)(=O)c2ccc(C)cc2)cc1. The summed E-state index contributed by atoms with van der Waals surface area (Å²) in [6.07, 6.45) is 0. The maximum absolute atomic E-state index is 13.5. The van der Waals surface area contributed by atoms with Gasteiger partial charge in [0.05, 0.1) is 30.8 Å². The topological polar surface area (TPSA) is 84.9 Å². The summed E-state index contributed by atoms with van der Waals surface area (Å²) < 4.78 is 38.5. The highest BCUT2D eigenvalue weighted by molar-refractivity contribution is 7.92. The molecule has 33 heavy (non-hydrogen) atoms. The average molecular weight is 469 g/mol. The van der Waals surface area contributed by atoms with Crippen molar-refractivity contribution in [1.29, 1.82) is 0 Å². The third kappa shape index (κ3) is 5.84. The van der Waals surface area contributed by atoms with Crippen molar-refractivity contribution >= 4 is 21.6 Å². The van der Waals surface area contributed by atoms with E-state index in [0.29, 0.717) is 17.2 Å². The highest BCUT2D eigenvalue weighted by Crippen LogP contribution is 2.27. The van der Waals surface area contributed by atoms with E-state index in [2.05, 4.69) is 5.32 Å². The van der Waals surface area contributed by atoms with E-state index in [0.717, 1.165) is 15.4 Å². The molecule has 0 bridgehead atoms. The Balaban J connectivity index is 1.88. The molecule has 1 N–H and O–H groups in total. The molecule has 1 atom stereocenters. The fraction of sp³-hybridized carbons (Fsp3) is 0.240. The third-order valence-corrected chi connectivity index (χ3v) is 7.02. The number of carbonyl (C=O) groups excluding carboxylic acids is 1. The van der Waals surface area contributed by atoms with Crippen molar-refractivity contribution in [2.24, 2.45) is 0 Å². The van der Waals surface area contributed by atoms with Crippen LogP contribution in [0.15, 0.2) is 77.7 Å². The normalized spacial score (nSPS) is 12.0. The Hall–Kier alpha value is -3.52. The first-order valence-electron chi connectivity index (χ1n) is 10.4. The van der Waals surface area contributed by atoms with Crippen molar-refractivity contribution in [1.82, 2.24) is 5.32 Å². The van der Waals surface area contributed by atoms with Gasteiger partial charge in [-0.25, -0.2) is 8.42 Å². The number of hydrogen-bond acceptors (Lipinski definition) is 5. The van der Waals surface area contributed by atoms with Crippen LogP contribution >= 0.6 is 0 Å². The summed E-state index contributed by atoms with van der Waals surface area (Å²) in [7, 11) is -0.914. The average Bonchev–Trinajstić information content (AvgIpc) is 2.82. The quantitative estimate of drug-likeness (QED) is 0.511. The number of sulfonamides is 1. The van der Waals surface area contributed by atoms with Gasteiger partial charge >= 0.3 is 0 Å². The van der Waals surface area contributed by atoms with E-state index < -0.39 is 15.9 Å². The van der Waals surface area contributed by atoms with Gasteiger partial charge in [-0.3, -0.25) is 9.10 Å². The Bertz CT molecular complexity index is 1190. The molecule has 8 heteroatoms. The van der Waals surface area contributed by atoms with Crippen LogP contribution < -0.4 is 19.1 Å². The molecule has 7 nitrogen and oxygen atoms in total. The van der Waals surface area contributed by atoms with E-state index in [1.807, 2.05) is 38.1 Å². The number of rotatable bonds is 9. The fourth-order valence-electron chi connectivity index (χ4n) is 3.31. The summed E-state index contributed by atoms with van der Waals surface area (Å²) in [6, 6.07) is 20.1. The molecule has 0 spiro atoms. The Kier molecular flexibility index (Phi) is 7.60. The first-order valence-corrected chi connectivity index (χ1v) is 11.9. The van der Waals surface area contributed by atoms with E-state index in [1.165, 1.54) is 19.2 Å². The molecule has 3 aromatic carbocycles. The van der Waals surface area contributed by atoms with E-state index in [9.17, 15) is 13.2 Å². The molecule has 0 saturated heterocycles. The molecule has 3 rings (SSSR count). The summed E-state index contributed by atoms with van der Waals surface area (Å²) in [5.41, 5.74) is 2.15. The molecule has 0 aromatic heterocycles. The second-order valence-electron chi connectivity index (χ2n) is 7.59. The lowest BCUT2D eigenvalue weighted by Gasteiger charge is -2.25. The van der Waals surface area contributed by atoms with Crippen molar-refractivity contribution < 1.29 is 22.7 Å². The number of benzene rings is 3. The smallest absolute Gasteiger partial charge is 0.264 e. The summed E-state index contributed by atoms with van der Waals surface area (Å²) in [4.78, 5) is 13.1. The van der Waals surface area contributed by atoms with Crippen LogP contribution in [0.2, 0.25) is 0 Å². The number of aryl methyl sites for hydroxylation is 1. The Morgan fingerprint density at radius 1 is 0.939 bits per heavy atom. The number of anilines is 1. The maximum atomic E-state index is 13.5. The molecule has 0 radical (unpaired) electrons. The van der Waals surface area contributed by atoms with Gasteiger partial charge < -0.3 is 14.8 Å². The van der Waals surface area contributed by atoms with Crippen molar-refractivity contribution in [2.75, 3.05) is 25.1 Å². The van der Waals surface area contributed by atoms with Gasteiger partial charge in [0.15, 0.2) is 0 Å². The summed E-state index contributed by atoms with van der Waals surface area (Å²) in [6.45, 7) is 3.33. The Morgan fingerprint density at radius 2 is 1.58 bits per heavy atom. The molecule has 1 amide bonds. The zero-order valence-electron chi connectivity index (χ0n) is 19.1. The zero-order chi connectivity index (χ0) is 24.0. The van der Waals surface area contributed by atoms with Gasteiger partial charge in [0.1, 0.15) is 18.0 Å². The zero-order valence-corrected chi connectivity index (χ0v) is 19.9. The van der Waals surface area contributed by atoms with Crippen LogP contribution in [0.1, 0.15) is 24.1 Å². The molecule has 0 aliphatic rings. The number of nitrogens with zero attached hydrogens (tertiary/aromatic N) is 1. The molecule has 0 aliphatic heterocycles. The number of carbonyl (C=O) groups is 1. The van der Waals surface area contributed by atoms with E-state index in [-0.39, 0.29) is 17.5 Å². The van der Waals surface area contributed by atoms with Crippen molar-refractivity contribution in [2.45, 2.75) is 24.8 Å². The highest BCUT2D eigenvalue weighted by Gasteiger charge is 2.28. The Morgan fingerprint density at radius 3 is 2.18 bits per heavy atom. The van der Waals surface area contributed by atoms with Gasteiger partial charge in [-0.05, 0) is 55.8 Å². The van der Waals surface area contributed by atoms with Crippen molar-refractivity contribution in [3.63, 3.8) is 0 Å². The standard InChI is InChI=1S/C25H28N2O5S/c1-18-8-14-24(15-9-18)33(29,30)27(21-6-5-7-23(16-21)32-4)17-25(28)26-19(2)20-10-12-22(31-3)13-11-20/h5-16,19H,17H2,1-4H3,(H,26,28). The molecule has 1 unspecified atom stereocenters. The van der Waals surface area contributed by atoms with Crippen LogP contribution in [0.3, 0.4) is 0 Å². The number of amides is 1. The second kappa shape index (κ2) is 10.4. The van der Waals surface area contributed by atoms with Gasteiger partial charge in [0.2, 0.25) is 5.91 Å². The molecule has 0 heterocycles. The van der Waals surface area contributed by atoms with Gasteiger partial charge in [0.25, 0.3) is 10.0 Å². The number of hydrogen-bond donors (Lipinski definition) is 1. The van der Waals surface area contributed by atoms with Crippen LogP contribution in [-0.2, 0) is 14.8 Å². The minimum absolute atomic E-state index is 0.104. The second-order valence-corrected chi connectivity index (χ2v) is 9.45. The lowest BCUT2D eigenvalue weighted by molar-refractivity contribution is -0.120. The summed E-state index contributed by atoms with van der Waals surface area (Å²) in [5.74, 6) is 0.770. The molecular weight excluding hydrogens is 440 g/mol. The molecule has 0 aliphatic carbocycles. The van der Waals surface area contributed by atoms with Crippen LogP contribution in [0.25, 0.3) is 0 Å². The Labute approximate surface area is 195 Å². The molecule has 0 fully saturated rings. The van der Waals surface area contributed by atoms with Gasteiger partial charge in [-0.15, -0.1) is 0 Å². The summed E-state index contributed by atoms with van der Waals surface area (Å²) in [5, 5.41) is 2.88. The minimum Gasteiger partial charge on any atom is -0.497 e. The van der Waals surface area contributed by atoms with Crippen LogP contribution in [0, 0.1) is 6.92 Å². The van der Waals surface area contributed by atoms with Crippen molar-refractivity contribution in [3.05, 3.63) is 83.9 Å². The molecule has 0 saturated carbocycles. The van der Waals surface area contributed by atoms with Gasteiger partial charge in [0, 0.05) is 6.07 Å². The predicted molar refractivity (Wildman–Crippen MR) is 128 cm³/mol. The van der Waals surface area contributed by atoms with Crippen molar-refractivity contribution in [3.8, 4) is 11.5 Å². The van der Waals surface area contributed by atoms with Crippen LogP contribution in [0.4, 0.5) is 5.69 Å². The first kappa shape index (κ1) is 24.1. The minimum atomic E-state index is -4.00. The lowest BCUT2D eigenvalue weighted by atomic mass is 10.1. The largest absolute Gasteiger partial charge is 0.497 e. The monoisotopic (exact) mass is 468 g/mol. The predicted octanol–water partition coefficient (Wildman–Crippen LogP) is 4.08. The molecule has 3 aromatic rings. The number of methoxy groups -OCH3 is 2. The summed E-state index contributed by atoms with van der Waals surface area (Å²) >= 11 is 0. The highest BCUT2D eigenvalue weighted by atomic mass is 32.2. The number of ether oxygens (including phenoxy) is 2. The van der Waals surface area contributed by atoms with Crippen LogP contribution in [0.5, 0.6) is 11.5 Å². The van der Waals surface area contributed by atoms with Gasteiger partial charge in [-0.1, -0.05) is 35.9 Å². The number of nitrogens with one attached hydrogen (secondary N) is 1. The van der Waals surface area contributed by atoms with Crippen LogP contribution in [-0.4, -0.2) is 35.1 Å².